The van der Waals surface area contributed by atoms with Gasteiger partial charge in [-0.3, -0.25) is 0 Å². The Morgan fingerprint density at radius 3 is 2.44 bits per heavy atom. The number of carboxylic acid groups (broad SMARTS) is 1. The van der Waals surface area contributed by atoms with Crippen LogP contribution < -0.4 is 0 Å². The number of sulfonamides is 1. The molecule has 0 radical (unpaired) electrons. The highest BCUT2D eigenvalue weighted by Crippen LogP contribution is 2.28. The molecule has 98 valence electrons. The van der Waals surface area contributed by atoms with Gasteiger partial charge in [-0.05, 0) is 18.6 Å². The van der Waals surface area contributed by atoms with Crippen LogP contribution in [0, 0.1) is 5.82 Å². The van der Waals surface area contributed by atoms with E-state index in [4.69, 9.17) is 16.7 Å². The maximum absolute atomic E-state index is 13.4. The van der Waals surface area contributed by atoms with E-state index in [1.807, 2.05) is 0 Å². The number of nitrogens with zero attached hydrogens (tertiary/aromatic N) is 1. The molecule has 18 heavy (non-hydrogen) atoms. The number of aromatic carboxylic acids is 1. The van der Waals surface area contributed by atoms with Crippen LogP contribution >= 0.6 is 11.6 Å². The van der Waals surface area contributed by atoms with Gasteiger partial charge in [-0.15, -0.1) is 0 Å². The summed E-state index contributed by atoms with van der Waals surface area (Å²) in [6, 6.07) is 1.61. The molecule has 1 saturated heterocycles. The Morgan fingerprint density at radius 1 is 1.39 bits per heavy atom. The second kappa shape index (κ2) is 4.49. The Kier molecular flexibility index (Phi) is 3.31. The molecule has 0 aliphatic carbocycles. The quantitative estimate of drug-likeness (QED) is 0.918. The Balaban J connectivity index is 2.55. The monoisotopic (exact) mass is 293 g/mol. The topological polar surface area (TPSA) is 74.7 Å². The SMILES string of the molecule is O=C(O)c1cc(S(=O)(=O)N2CCC2)cc(F)c1Cl. The standard InChI is InChI=1S/C10H9ClFNO4S/c11-9-7(10(14)15)4-6(5-8(9)12)18(16,17)13-2-1-3-13/h4-5H,1-3H2,(H,14,15). The number of hydrogen-bond acceptors (Lipinski definition) is 3. The van der Waals surface area contributed by atoms with Crippen molar-refractivity contribution in [2.75, 3.05) is 13.1 Å². The molecule has 0 unspecified atom stereocenters. The van der Waals surface area contributed by atoms with Crippen molar-refractivity contribution in [2.45, 2.75) is 11.3 Å². The number of halogens is 2. The van der Waals surface area contributed by atoms with Crippen LogP contribution in [0.3, 0.4) is 0 Å². The first-order valence-corrected chi connectivity index (χ1v) is 6.88. The van der Waals surface area contributed by atoms with Gasteiger partial charge >= 0.3 is 5.97 Å². The molecule has 1 aliphatic heterocycles. The predicted octanol–water partition coefficient (Wildman–Crippen LogP) is 1.57. The van der Waals surface area contributed by atoms with Crippen LogP contribution in [-0.4, -0.2) is 36.9 Å². The first kappa shape index (κ1) is 13.3. The summed E-state index contributed by atoms with van der Waals surface area (Å²) in [5.41, 5.74) is -0.559. The molecule has 1 heterocycles. The molecule has 0 bridgehead atoms. The molecule has 0 atom stereocenters. The highest BCUT2D eigenvalue weighted by molar-refractivity contribution is 7.89. The van der Waals surface area contributed by atoms with Gasteiger partial charge in [0, 0.05) is 13.1 Å². The van der Waals surface area contributed by atoms with Crippen molar-refractivity contribution in [3.8, 4) is 0 Å². The van der Waals surface area contributed by atoms with Crippen LogP contribution in [-0.2, 0) is 10.0 Å². The molecule has 0 aromatic heterocycles. The average Bonchev–Trinajstić information content (AvgIpc) is 2.17. The molecule has 1 aromatic rings. The van der Waals surface area contributed by atoms with E-state index < -0.39 is 32.4 Å². The minimum atomic E-state index is -3.83. The van der Waals surface area contributed by atoms with Crippen molar-refractivity contribution in [1.82, 2.24) is 4.31 Å². The van der Waals surface area contributed by atoms with Crippen LogP contribution in [0.4, 0.5) is 4.39 Å². The molecule has 1 aliphatic rings. The lowest BCUT2D eigenvalue weighted by Gasteiger charge is -2.29. The lowest BCUT2D eigenvalue weighted by molar-refractivity contribution is 0.0696. The van der Waals surface area contributed by atoms with Crippen molar-refractivity contribution in [1.29, 1.82) is 0 Å². The van der Waals surface area contributed by atoms with Crippen LogP contribution in [0.2, 0.25) is 5.02 Å². The zero-order valence-corrected chi connectivity index (χ0v) is 10.6. The Bertz CT molecular complexity index is 613. The summed E-state index contributed by atoms with van der Waals surface area (Å²) in [4.78, 5) is 10.5. The minimum absolute atomic E-state index is 0.356. The summed E-state index contributed by atoms with van der Waals surface area (Å²) in [5, 5.41) is 8.24. The molecule has 1 aromatic carbocycles. The van der Waals surface area contributed by atoms with Gasteiger partial charge in [0.05, 0.1) is 15.5 Å². The summed E-state index contributed by atoms with van der Waals surface area (Å²) >= 11 is 5.47. The molecular weight excluding hydrogens is 285 g/mol. The third-order valence-corrected chi connectivity index (χ3v) is 4.95. The number of rotatable bonds is 3. The van der Waals surface area contributed by atoms with E-state index in [2.05, 4.69) is 0 Å². The fourth-order valence-electron chi connectivity index (χ4n) is 1.55. The van der Waals surface area contributed by atoms with Gasteiger partial charge in [0.15, 0.2) is 0 Å². The summed E-state index contributed by atoms with van der Waals surface area (Å²) in [6.45, 7) is 0.712. The van der Waals surface area contributed by atoms with Crippen molar-refractivity contribution in [3.05, 3.63) is 28.5 Å². The van der Waals surface area contributed by atoms with Gasteiger partial charge in [0.25, 0.3) is 0 Å². The summed E-state index contributed by atoms with van der Waals surface area (Å²) < 4.78 is 38.5. The van der Waals surface area contributed by atoms with Crippen molar-refractivity contribution in [3.63, 3.8) is 0 Å². The van der Waals surface area contributed by atoms with Crippen molar-refractivity contribution < 1.29 is 22.7 Å². The molecule has 1 fully saturated rings. The molecule has 2 rings (SSSR count). The fraction of sp³-hybridized carbons (Fsp3) is 0.300. The molecule has 5 nitrogen and oxygen atoms in total. The maximum Gasteiger partial charge on any atom is 0.337 e. The summed E-state index contributed by atoms with van der Waals surface area (Å²) in [6.07, 6.45) is 0.737. The van der Waals surface area contributed by atoms with Crippen LogP contribution in [0.5, 0.6) is 0 Å². The number of carbonyl (C=O) groups is 1. The van der Waals surface area contributed by atoms with E-state index in [0.717, 1.165) is 22.9 Å². The third kappa shape index (κ3) is 2.09. The molecule has 0 saturated carbocycles. The number of hydrogen-bond donors (Lipinski definition) is 1. The maximum atomic E-state index is 13.4. The number of carboxylic acids is 1. The van der Waals surface area contributed by atoms with Crippen LogP contribution in [0.25, 0.3) is 0 Å². The highest BCUT2D eigenvalue weighted by atomic mass is 35.5. The van der Waals surface area contributed by atoms with Gasteiger partial charge in [-0.2, -0.15) is 4.31 Å². The second-order valence-corrected chi connectivity index (χ2v) is 6.15. The number of benzene rings is 1. The van der Waals surface area contributed by atoms with Gasteiger partial charge < -0.3 is 5.11 Å². The minimum Gasteiger partial charge on any atom is -0.478 e. The van der Waals surface area contributed by atoms with Gasteiger partial charge in [0.2, 0.25) is 10.0 Å². The molecule has 8 heteroatoms. The smallest absolute Gasteiger partial charge is 0.337 e. The van der Waals surface area contributed by atoms with Gasteiger partial charge in [-0.25, -0.2) is 17.6 Å². The van der Waals surface area contributed by atoms with E-state index in [1.54, 1.807) is 0 Å². The molecular formula is C10H9ClFNO4S. The largest absolute Gasteiger partial charge is 0.478 e. The molecule has 0 spiro atoms. The van der Waals surface area contributed by atoms with E-state index in [1.165, 1.54) is 0 Å². The first-order valence-electron chi connectivity index (χ1n) is 5.06. The van der Waals surface area contributed by atoms with Crippen molar-refractivity contribution >= 4 is 27.6 Å². The molecule has 1 N–H and O–H groups in total. The highest BCUT2D eigenvalue weighted by Gasteiger charge is 2.31. The Hall–Kier alpha value is -1.18. The second-order valence-electron chi connectivity index (χ2n) is 3.83. The zero-order chi connectivity index (χ0) is 13.5. The van der Waals surface area contributed by atoms with E-state index in [9.17, 15) is 17.6 Å². The zero-order valence-electron chi connectivity index (χ0n) is 9.06. The summed E-state index contributed by atoms with van der Waals surface area (Å²) in [5.74, 6) is -2.53. The predicted molar refractivity (Wildman–Crippen MR) is 61.7 cm³/mol. The third-order valence-electron chi connectivity index (χ3n) is 2.68. The molecule has 0 amide bonds. The average molecular weight is 294 g/mol. The van der Waals surface area contributed by atoms with E-state index >= 15 is 0 Å². The van der Waals surface area contributed by atoms with Gasteiger partial charge in [-0.1, -0.05) is 11.6 Å². The van der Waals surface area contributed by atoms with E-state index in [-0.39, 0.29) is 4.90 Å². The van der Waals surface area contributed by atoms with Crippen LogP contribution in [0.1, 0.15) is 16.8 Å². The lowest BCUT2D eigenvalue weighted by atomic mass is 10.2. The normalized spacial score (nSPS) is 16.3. The van der Waals surface area contributed by atoms with Crippen LogP contribution in [0.15, 0.2) is 17.0 Å². The van der Waals surface area contributed by atoms with Gasteiger partial charge in [0.1, 0.15) is 5.82 Å². The summed E-state index contributed by atoms with van der Waals surface area (Å²) in [7, 11) is -3.83. The lowest BCUT2D eigenvalue weighted by Crippen LogP contribution is -2.42. The Labute approximate surface area is 108 Å². The van der Waals surface area contributed by atoms with E-state index in [0.29, 0.717) is 13.1 Å². The first-order chi connectivity index (χ1) is 8.34. The van der Waals surface area contributed by atoms with Crippen molar-refractivity contribution in [2.24, 2.45) is 0 Å². The fourth-order valence-corrected chi connectivity index (χ4v) is 3.29. The Morgan fingerprint density at radius 2 is 2.00 bits per heavy atom.